The van der Waals surface area contributed by atoms with Gasteiger partial charge in [-0.1, -0.05) is 41.5 Å². The number of carbonyl (C=O) groups is 2. The number of rotatable bonds is 6. The molecule has 1 saturated heterocycles. The van der Waals surface area contributed by atoms with Gasteiger partial charge in [-0.25, -0.2) is 14.6 Å². The molecular formula is C31H27F3N2O4S. The van der Waals surface area contributed by atoms with Gasteiger partial charge in [0.05, 0.1) is 29.4 Å². The fourth-order valence-electron chi connectivity index (χ4n) is 5.15. The number of ether oxygens (including phenoxy) is 1. The number of carbonyl (C=O) groups excluding carboxylic acids is 1. The maximum atomic E-state index is 13.5. The van der Waals surface area contributed by atoms with Crippen molar-refractivity contribution in [1.29, 1.82) is 0 Å². The van der Waals surface area contributed by atoms with Crippen LogP contribution >= 0.6 is 11.3 Å². The minimum atomic E-state index is -4.51. The Morgan fingerprint density at radius 3 is 2.44 bits per heavy atom. The molecule has 2 heterocycles. The Morgan fingerprint density at radius 1 is 1.02 bits per heavy atom. The summed E-state index contributed by atoms with van der Waals surface area (Å²) in [5.74, 6) is -0.997. The van der Waals surface area contributed by atoms with E-state index in [1.165, 1.54) is 16.2 Å². The number of thiazole rings is 1. The lowest BCUT2D eigenvalue weighted by Gasteiger charge is -2.23. The summed E-state index contributed by atoms with van der Waals surface area (Å²) in [4.78, 5) is 30.7. The fourth-order valence-corrected chi connectivity index (χ4v) is 6.03. The van der Waals surface area contributed by atoms with Crippen molar-refractivity contribution in [2.75, 3.05) is 0 Å². The van der Waals surface area contributed by atoms with Gasteiger partial charge in [0, 0.05) is 16.5 Å². The molecule has 41 heavy (non-hydrogen) atoms. The van der Waals surface area contributed by atoms with Crippen LogP contribution in [0.25, 0.3) is 21.8 Å². The zero-order valence-electron chi connectivity index (χ0n) is 22.7. The Hall–Kier alpha value is -4.18. The van der Waals surface area contributed by atoms with Gasteiger partial charge in [0.1, 0.15) is 11.1 Å². The molecule has 1 N–H and O–H groups in total. The standard InChI is InChI=1S/C31H27F3N2O4S/c1-16-5-7-25(28-35-26(15-41-28)24-8-6-20(29(37)38)12-18(24)3)22(9-16)14-36-19(4)27(40-30(36)39)21-10-17(2)11-23(13-21)31(32,33)34/h5-13,15,19,27H,14H2,1-4H3,(H,37,38)/t19-,27-/m0/s1. The highest BCUT2D eigenvalue weighted by Crippen LogP contribution is 2.39. The van der Waals surface area contributed by atoms with Crippen molar-refractivity contribution < 1.29 is 32.6 Å². The molecule has 1 aliphatic rings. The van der Waals surface area contributed by atoms with E-state index in [-0.39, 0.29) is 12.1 Å². The first-order valence-electron chi connectivity index (χ1n) is 12.9. The van der Waals surface area contributed by atoms with E-state index in [9.17, 15) is 27.9 Å². The van der Waals surface area contributed by atoms with Gasteiger partial charge in [0.2, 0.25) is 0 Å². The Balaban J connectivity index is 1.44. The van der Waals surface area contributed by atoms with E-state index in [4.69, 9.17) is 9.72 Å². The van der Waals surface area contributed by atoms with Gasteiger partial charge in [0.15, 0.2) is 0 Å². The normalized spacial score (nSPS) is 17.1. The van der Waals surface area contributed by atoms with Crippen LogP contribution in [0.1, 0.15) is 56.8 Å². The molecule has 212 valence electrons. The number of cyclic esters (lactones) is 1. The van der Waals surface area contributed by atoms with Crippen LogP contribution < -0.4 is 0 Å². The number of hydrogen-bond donors (Lipinski definition) is 1. The highest BCUT2D eigenvalue weighted by molar-refractivity contribution is 7.13. The third kappa shape index (κ3) is 5.69. The number of aromatic nitrogens is 1. The number of nitrogens with zero attached hydrogens (tertiary/aromatic N) is 2. The predicted molar refractivity (Wildman–Crippen MR) is 150 cm³/mol. The molecule has 0 spiro atoms. The summed E-state index contributed by atoms with van der Waals surface area (Å²) in [6.45, 7) is 7.31. The second kappa shape index (κ2) is 10.7. The molecule has 5 rings (SSSR count). The summed E-state index contributed by atoms with van der Waals surface area (Å²) in [6.07, 6.45) is -5.95. The largest absolute Gasteiger partial charge is 0.478 e. The Kier molecular flexibility index (Phi) is 7.37. The number of alkyl halides is 3. The topological polar surface area (TPSA) is 79.7 Å². The molecule has 0 bridgehead atoms. The number of hydrogen-bond acceptors (Lipinski definition) is 5. The summed E-state index contributed by atoms with van der Waals surface area (Å²) in [6, 6.07) is 14.0. The number of amides is 1. The second-order valence-electron chi connectivity index (χ2n) is 10.3. The van der Waals surface area contributed by atoms with Crippen molar-refractivity contribution in [2.45, 2.75) is 52.6 Å². The molecular weight excluding hydrogens is 553 g/mol. The molecule has 0 radical (unpaired) electrons. The molecule has 0 aliphatic carbocycles. The van der Waals surface area contributed by atoms with Crippen LogP contribution in [0.5, 0.6) is 0 Å². The van der Waals surface area contributed by atoms with Gasteiger partial charge in [-0.15, -0.1) is 11.3 Å². The highest BCUT2D eigenvalue weighted by Gasteiger charge is 2.41. The third-order valence-electron chi connectivity index (χ3n) is 7.23. The summed E-state index contributed by atoms with van der Waals surface area (Å²) in [5, 5.41) is 11.9. The molecule has 1 fully saturated rings. The first-order valence-corrected chi connectivity index (χ1v) is 13.8. The molecule has 6 nitrogen and oxygen atoms in total. The molecule has 4 aromatic rings. The summed E-state index contributed by atoms with van der Waals surface area (Å²) in [7, 11) is 0. The molecule has 10 heteroatoms. The van der Waals surface area contributed by atoms with Crippen molar-refractivity contribution >= 4 is 23.4 Å². The number of aryl methyl sites for hydroxylation is 3. The average Bonchev–Trinajstić information content (AvgIpc) is 3.48. The minimum Gasteiger partial charge on any atom is -0.478 e. The van der Waals surface area contributed by atoms with E-state index < -0.39 is 35.9 Å². The second-order valence-corrected chi connectivity index (χ2v) is 11.2. The molecule has 1 amide bonds. The van der Waals surface area contributed by atoms with Crippen molar-refractivity contribution in [3.05, 3.63) is 98.9 Å². The zero-order chi connectivity index (χ0) is 29.6. The first kappa shape index (κ1) is 28.4. The maximum absolute atomic E-state index is 13.5. The Labute approximate surface area is 239 Å². The Bertz CT molecular complexity index is 1660. The molecule has 3 aromatic carbocycles. The minimum absolute atomic E-state index is 0.187. The van der Waals surface area contributed by atoms with E-state index in [0.29, 0.717) is 16.8 Å². The van der Waals surface area contributed by atoms with Crippen molar-refractivity contribution in [3.8, 4) is 21.8 Å². The molecule has 0 unspecified atom stereocenters. The first-order chi connectivity index (χ1) is 19.3. The van der Waals surface area contributed by atoms with Gasteiger partial charge in [-0.3, -0.25) is 4.90 Å². The molecule has 1 aromatic heterocycles. The van der Waals surface area contributed by atoms with Gasteiger partial charge in [-0.2, -0.15) is 13.2 Å². The predicted octanol–water partition coefficient (Wildman–Crippen LogP) is 8.20. The van der Waals surface area contributed by atoms with Crippen LogP contribution in [0, 0.1) is 20.8 Å². The number of aromatic carboxylic acids is 1. The summed E-state index contributed by atoms with van der Waals surface area (Å²) >= 11 is 1.43. The van der Waals surface area contributed by atoms with Crippen molar-refractivity contribution in [3.63, 3.8) is 0 Å². The number of benzene rings is 3. The van der Waals surface area contributed by atoms with Crippen molar-refractivity contribution in [2.24, 2.45) is 0 Å². The van der Waals surface area contributed by atoms with Crippen LogP contribution in [0.4, 0.5) is 18.0 Å². The van der Waals surface area contributed by atoms with E-state index in [0.717, 1.165) is 45.0 Å². The van der Waals surface area contributed by atoms with E-state index in [1.54, 1.807) is 38.1 Å². The number of carboxylic acid groups (broad SMARTS) is 1. The lowest BCUT2D eigenvalue weighted by atomic mass is 9.97. The highest BCUT2D eigenvalue weighted by atomic mass is 32.1. The fraction of sp³-hybridized carbons (Fsp3) is 0.258. The van der Waals surface area contributed by atoms with Crippen LogP contribution in [0.3, 0.4) is 0 Å². The van der Waals surface area contributed by atoms with Gasteiger partial charge >= 0.3 is 18.2 Å². The van der Waals surface area contributed by atoms with Crippen LogP contribution in [-0.2, 0) is 17.5 Å². The third-order valence-corrected chi connectivity index (χ3v) is 8.11. The molecule has 1 aliphatic heterocycles. The quantitative estimate of drug-likeness (QED) is 0.249. The average molecular weight is 581 g/mol. The van der Waals surface area contributed by atoms with E-state index >= 15 is 0 Å². The van der Waals surface area contributed by atoms with Gasteiger partial charge in [0.25, 0.3) is 0 Å². The van der Waals surface area contributed by atoms with Gasteiger partial charge < -0.3 is 9.84 Å². The van der Waals surface area contributed by atoms with Crippen LogP contribution in [0.15, 0.2) is 60.0 Å². The lowest BCUT2D eigenvalue weighted by Crippen LogP contribution is -2.31. The molecule has 2 atom stereocenters. The maximum Gasteiger partial charge on any atom is 0.416 e. The Morgan fingerprint density at radius 2 is 1.76 bits per heavy atom. The van der Waals surface area contributed by atoms with Crippen LogP contribution in [-0.4, -0.2) is 33.1 Å². The van der Waals surface area contributed by atoms with Gasteiger partial charge in [-0.05, 0) is 68.7 Å². The SMILES string of the molecule is Cc1cc([C@H]2OC(=O)N(Cc3cc(C)ccc3-c3nc(-c4ccc(C(=O)O)cc4C)cs3)[C@H]2C)cc(C(F)(F)F)c1. The van der Waals surface area contributed by atoms with E-state index in [1.807, 2.05) is 37.4 Å². The van der Waals surface area contributed by atoms with Crippen molar-refractivity contribution in [1.82, 2.24) is 9.88 Å². The zero-order valence-corrected chi connectivity index (χ0v) is 23.6. The molecule has 0 saturated carbocycles. The number of carboxylic acids is 1. The monoisotopic (exact) mass is 580 g/mol. The lowest BCUT2D eigenvalue weighted by molar-refractivity contribution is -0.137. The van der Waals surface area contributed by atoms with E-state index in [2.05, 4.69) is 0 Å². The van der Waals surface area contributed by atoms with Crippen LogP contribution in [0.2, 0.25) is 0 Å². The number of halogens is 3. The summed E-state index contributed by atoms with van der Waals surface area (Å²) in [5.41, 5.74) is 5.11. The summed E-state index contributed by atoms with van der Waals surface area (Å²) < 4.78 is 46.0. The smallest absolute Gasteiger partial charge is 0.416 e.